The van der Waals surface area contributed by atoms with Crippen molar-refractivity contribution < 1.29 is 4.42 Å². The topological polar surface area (TPSA) is 43.9 Å². The molecule has 4 heteroatoms. The van der Waals surface area contributed by atoms with Gasteiger partial charge in [-0.05, 0) is 87.0 Å². The van der Waals surface area contributed by atoms with E-state index in [9.17, 15) is 0 Å². The van der Waals surface area contributed by atoms with Crippen molar-refractivity contribution in [1.29, 1.82) is 0 Å². The Morgan fingerprint density at radius 3 is 1.92 bits per heavy atom. The zero-order valence-electron chi connectivity index (χ0n) is 34.0. The van der Waals surface area contributed by atoms with Gasteiger partial charge in [-0.1, -0.05) is 170 Å². The summed E-state index contributed by atoms with van der Waals surface area (Å²) in [5, 5.41) is 4.77. The summed E-state index contributed by atoms with van der Waals surface area (Å²) in [6, 6.07) is 76.7. The molecule has 1 aliphatic carbocycles. The third-order valence-corrected chi connectivity index (χ3v) is 13.6. The van der Waals surface area contributed by atoms with Crippen molar-refractivity contribution in [2.24, 2.45) is 0 Å². The lowest BCUT2D eigenvalue weighted by Gasteiger charge is -2.39. The van der Waals surface area contributed by atoms with Crippen molar-refractivity contribution in [2.45, 2.75) is 5.41 Å². The Morgan fingerprint density at radius 1 is 0.381 bits per heavy atom. The van der Waals surface area contributed by atoms with Gasteiger partial charge in [-0.25, -0.2) is 9.97 Å². The van der Waals surface area contributed by atoms with Crippen molar-refractivity contribution in [1.82, 2.24) is 14.5 Å². The molecule has 1 aliphatic heterocycles. The molecule has 0 saturated carbocycles. The van der Waals surface area contributed by atoms with Crippen molar-refractivity contribution in [3.63, 3.8) is 0 Å². The van der Waals surface area contributed by atoms with Gasteiger partial charge in [0, 0.05) is 38.2 Å². The van der Waals surface area contributed by atoms with E-state index in [1.54, 1.807) is 0 Å². The smallest absolute Gasteiger partial charge is 0.160 e. The van der Waals surface area contributed by atoms with Gasteiger partial charge in [0.15, 0.2) is 5.82 Å². The highest BCUT2D eigenvalue weighted by Gasteiger charge is 2.51. The largest absolute Gasteiger partial charge is 0.456 e. The van der Waals surface area contributed by atoms with E-state index < -0.39 is 5.41 Å². The van der Waals surface area contributed by atoms with Crippen molar-refractivity contribution in [3.8, 4) is 61.8 Å². The highest BCUT2D eigenvalue weighted by Crippen LogP contribution is 2.63. The van der Waals surface area contributed by atoms with Crippen LogP contribution in [0, 0.1) is 0 Å². The summed E-state index contributed by atoms with van der Waals surface area (Å²) in [7, 11) is 0. The minimum Gasteiger partial charge on any atom is -0.456 e. The first-order chi connectivity index (χ1) is 31.2. The van der Waals surface area contributed by atoms with E-state index in [0.717, 1.165) is 61.1 Å². The molecule has 1 spiro atoms. The second-order valence-electron chi connectivity index (χ2n) is 16.8. The molecule has 14 rings (SSSR count). The molecule has 2 aliphatic rings. The van der Waals surface area contributed by atoms with Crippen LogP contribution in [0.1, 0.15) is 22.3 Å². The number of nitrogens with zero attached hydrogens (tertiary/aromatic N) is 3. The summed E-state index contributed by atoms with van der Waals surface area (Å²) in [5.74, 6) is 0.697. The van der Waals surface area contributed by atoms with E-state index in [0.29, 0.717) is 5.82 Å². The minimum atomic E-state index is -0.625. The van der Waals surface area contributed by atoms with Crippen LogP contribution in [0.25, 0.3) is 106 Å². The molecule has 4 heterocycles. The zero-order valence-corrected chi connectivity index (χ0v) is 34.0. The van der Waals surface area contributed by atoms with E-state index in [1.807, 2.05) is 18.2 Å². The lowest BCUT2D eigenvalue weighted by atomic mass is 9.65. The van der Waals surface area contributed by atoms with Crippen LogP contribution in [0.2, 0.25) is 0 Å². The third kappa shape index (κ3) is 4.69. The fourth-order valence-corrected chi connectivity index (χ4v) is 11.0. The van der Waals surface area contributed by atoms with E-state index in [2.05, 4.69) is 199 Å². The van der Waals surface area contributed by atoms with Gasteiger partial charge in [0.1, 0.15) is 11.2 Å². The number of furan rings is 1. The van der Waals surface area contributed by atoms with Crippen LogP contribution in [0.15, 0.2) is 217 Å². The molecular weight excluding hydrogens is 767 g/mol. The van der Waals surface area contributed by atoms with Gasteiger partial charge in [-0.3, -0.25) is 0 Å². The van der Waals surface area contributed by atoms with E-state index >= 15 is 0 Å². The molecule has 0 bridgehead atoms. The Labute approximate surface area is 363 Å². The first-order valence-corrected chi connectivity index (χ1v) is 21.6. The molecular formula is C59H35N3O. The van der Waals surface area contributed by atoms with Crippen molar-refractivity contribution in [2.75, 3.05) is 0 Å². The maximum absolute atomic E-state index is 6.44. The molecule has 63 heavy (non-hydrogen) atoms. The molecule has 0 amide bonds. The van der Waals surface area contributed by atoms with E-state index in [-0.39, 0.29) is 0 Å². The third-order valence-electron chi connectivity index (χ3n) is 13.6. The molecule has 4 nitrogen and oxygen atoms in total. The molecule has 0 saturated heterocycles. The number of hydrogen-bond acceptors (Lipinski definition) is 3. The van der Waals surface area contributed by atoms with Crippen LogP contribution in [-0.4, -0.2) is 14.5 Å². The summed E-state index contributed by atoms with van der Waals surface area (Å²) < 4.78 is 8.94. The zero-order chi connectivity index (χ0) is 41.2. The Kier molecular flexibility index (Phi) is 7.01. The first-order valence-electron chi connectivity index (χ1n) is 21.6. The Balaban J connectivity index is 1.10. The van der Waals surface area contributed by atoms with Crippen LogP contribution >= 0.6 is 0 Å². The molecule has 12 aromatic rings. The summed E-state index contributed by atoms with van der Waals surface area (Å²) >= 11 is 0. The molecule has 0 fully saturated rings. The lowest BCUT2D eigenvalue weighted by molar-refractivity contribution is 0.669. The quantitative estimate of drug-likeness (QED) is 0.178. The number of rotatable bonds is 4. The average molecular weight is 802 g/mol. The van der Waals surface area contributed by atoms with Gasteiger partial charge in [0.2, 0.25) is 0 Å². The van der Waals surface area contributed by atoms with Gasteiger partial charge in [0.05, 0.1) is 33.5 Å². The predicted molar refractivity (Wildman–Crippen MR) is 256 cm³/mol. The highest BCUT2D eigenvalue weighted by molar-refractivity contribution is 6.13. The predicted octanol–water partition coefficient (Wildman–Crippen LogP) is 14.8. The highest BCUT2D eigenvalue weighted by atomic mass is 16.3. The van der Waals surface area contributed by atoms with Crippen LogP contribution in [0.4, 0.5) is 0 Å². The summed E-state index contributed by atoms with van der Waals surface area (Å²) in [6.45, 7) is 0. The van der Waals surface area contributed by atoms with Gasteiger partial charge in [-0.2, -0.15) is 0 Å². The van der Waals surface area contributed by atoms with Crippen molar-refractivity contribution >= 4 is 43.7 Å². The van der Waals surface area contributed by atoms with Crippen LogP contribution < -0.4 is 0 Å². The Hall–Kier alpha value is -8.34. The second-order valence-corrected chi connectivity index (χ2v) is 16.8. The number of para-hydroxylation sites is 4. The van der Waals surface area contributed by atoms with Crippen LogP contribution in [0.5, 0.6) is 0 Å². The Bertz CT molecular complexity index is 3800. The Morgan fingerprint density at radius 2 is 1.03 bits per heavy atom. The molecule has 0 radical (unpaired) electrons. The van der Waals surface area contributed by atoms with Gasteiger partial charge in [-0.15, -0.1) is 0 Å². The van der Waals surface area contributed by atoms with Gasteiger partial charge >= 0.3 is 0 Å². The molecule has 292 valence electrons. The summed E-state index contributed by atoms with van der Waals surface area (Å²) in [4.78, 5) is 10.6. The maximum atomic E-state index is 6.44. The SMILES string of the molecule is c1ccc(-c2cc(-c3cccc4c3-c3cc(-c5ccc6c(c5)oc5ccccc56)ccc3C43c4ccccc4-n4c5ccccc5c5cccc3c54)nc(-c3ccccc3)n2)cc1. The standard InChI is InChI=1S/C59H35N3O/c1-3-15-36(16-4-1)50-35-51(61-58(60-50)37-17-5-2-6-18-37)44-22-14-24-48-56(44)45-33-38(39-29-31-42-41-20-8-12-28-54(41)63-55(42)34-39)30-32-46(45)59(48)47-23-9-11-27-53(47)62-52-26-10-7-19-40(52)43-21-13-25-49(59)57(43)62/h1-35H. The number of benzene rings is 9. The molecule has 9 aromatic carbocycles. The van der Waals surface area contributed by atoms with E-state index in [1.165, 1.54) is 60.9 Å². The van der Waals surface area contributed by atoms with E-state index in [4.69, 9.17) is 14.4 Å². The molecule has 0 N–H and O–H groups in total. The molecule has 3 aromatic heterocycles. The fourth-order valence-electron chi connectivity index (χ4n) is 11.0. The number of fused-ring (bicyclic) bond motifs is 15. The number of aromatic nitrogens is 3. The monoisotopic (exact) mass is 801 g/mol. The van der Waals surface area contributed by atoms with Gasteiger partial charge < -0.3 is 8.98 Å². The van der Waals surface area contributed by atoms with Crippen molar-refractivity contribution in [3.05, 3.63) is 235 Å². The normalized spacial score (nSPS) is 14.7. The second kappa shape index (κ2) is 12.8. The molecule has 1 atom stereocenters. The van der Waals surface area contributed by atoms with Crippen LogP contribution in [0.3, 0.4) is 0 Å². The first kappa shape index (κ1) is 34.4. The van der Waals surface area contributed by atoms with Gasteiger partial charge in [0.25, 0.3) is 0 Å². The average Bonchev–Trinajstić information content (AvgIpc) is 4.00. The number of hydrogen-bond donors (Lipinski definition) is 0. The minimum absolute atomic E-state index is 0.625. The molecule has 1 unspecified atom stereocenters. The summed E-state index contributed by atoms with van der Waals surface area (Å²) in [5.41, 5.74) is 19.4. The van der Waals surface area contributed by atoms with Crippen LogP contribution in [-0.2, 0) is 5.41 Å². The maximum Gasteiger partial charge on any atom is 0.160 e. The lowest BCUT2D eigenvalue weighted by Crippen LogP contribution is -2.33. The summed E-state index contributed by atoms with van der Waals surface area (Å²) in [6.07, 6.45) is 0. The fraction of sp³-hybridized carbons (Fsp3) is 0.0169.